The van der Waals surface area contributed by atoms with Gasteiger partial charge >= 0.3 is 12.1 Å². The van der Waals surface area contributed by atoms with Gasteiger partial charge in [-0.15, -0.1) is 0 Å². The molecule has 0 aromatic heterocycles. The summed E-state index contributed by atoms with van der Waals surface area (Å²) in [5, 5.41) is 27.5. The molecular formula is C42H50F3N7O9. The van der Waals surface area contributed by atoms with Crippen LogP contribution < -0.4 is 32.7 Å². The van der Waals surface area contributed by atoms with Gasteiger partial charge in [0.2, 0.25) is 35.4 Å². The van der Waals surface area contributed by atoms with Crippen molar-refractivity contribution in [3.05, 3.63) is 108 Å². The van der Waals surface area contributed by atoms with E-state index in [0.717, 1.165) is 11.1 Å². The second-order valence-electron chi connectivity index (χ2n) is 13.9. The van der Waals surface area contributed by atoms with Crippen LogP contribution in [-0.4, -0.2) is 107 Å². The van der Waals surface area contributed by atoms with E-state index in [1.165, 1.54) is 23.1 Å². The first kappa shape index (κ1) is 48.6. The number of amides is 6. The number of rotatable bonds is 19. The largest absolute Gasteiger partial charge is 0.508 e. The van der Waals surface area contributed by atoms with Gasteiger partial charge in [-0.1, -0.05) is 72.8 Å². The number of carbonyl (C=O) groups excluding carboxylic acids is 6. The molecule has 10 N–H and O–H groups in total. The number of hydrogen-bond acceptors (Lipinski definition) is 9. The number of unbranched alkanes of at least 4 members (excludes halogenated alkanes) is 1. The van der Waals surface area contributed by atoms with Crippen molar-refractivity contribution in [3.63, 3.8) is 0 Å². The standard InChI is InChI=1S/C40H49N7O7.C2HF3O2/c41-22-8-7-14-31(38(52)46-32(37(42)51)24-28-12-5-2-6-13-28)44-36(50)26-43-39(53)34-15-9-23-47(34)40(54)33(25-29-16-19-30(48)20-17-29)45-35(49)21-18-27-10-3-1-4-11-27;3-2(4,5)1(6)7/h1-6,10-13,16-21,31-34,48H,7-9,14-15,22-26,41H2,(H2,42,51)(H,43,53)(H,44,50)(H,45,49)(H,46,52);(H,6,7)/b21-18+;/t31-,32-,33-,34-;/m0./s1. The maximum absolute atomic E-state index is 14.0. The molecule has 3 aromatic carbocycles. The van der Waals surface area contributed by atoms with Crippen molar-refractivity contribution in [3.8, 4) is 5.75 Å². The van der Waals surface area contributed by atoms with Crippen LogP contribution in [0.1, 0.15) is 48.8 Å². The quantitative estimate of drug-likeness (QED) is 0.0639. The number of hydrogen-bond donors (Lipinski definition) is 8. The molecule has 4 rings (SSSR count). The highest BCUT2D eigenvalue weighted by Crippen LogP contribution is 2.21. The lowest BCUT2D eigenvalue weighted by atomic mass is 10.0. The first-order chi connectivity index (χ1) is 29.0. The van der Waals surface area contributed by atoms with Crippen LogP contribution in [0.2, 0.25) is 0 Å². The van der Waals surface area contributed by atoms with Gasteiger partial charge < -0.3 is 47.8 Å². The number of nitrogens with one attached hydrogen (secondary N) is 4. The molecule has 1 fully saturated rings. The number of likely N-dealkylation sites (tertiary alicyclic amines) is 1. The lowest BCUT2D eigenvalue weighted by Crippen LogP contribution is -2.56. The van der Waals surface area contributed by atoms with Gasteiger partial charge in [-0.2, -0.15) is 13.2 Å². The minimum absolute atomic E-state index is 0.0530. The third kappa shape index (κ3) is 17.2. The highest BCUT2D eigenvalue weighted by atomic mass is 19.4. The Morgan fingerprint density at radius 3 is 1.98 bits per heavy atom. The molecule has 1 aliphatic heterocycles. The molecule has 19 heteroatoms. The molecule has 328 valence electrons. The smallest absolute Gasteiger partial charge is 0.490 e. The summed E-state index contributed by atoms with van der Waals surface area (Å²) < 4.78 is 31.7. The SMILES string of the molecule is NCCCC[C@H](NC(=O)CNC(=O)[C@@H]1CCCN1C(=O)[C@H](Cc1ccc(O)cc1)NC(=O)/C=C/c1ccccc1)C(=O)N[C@@H](Cc1ccccc1)C(N)=O.O=C(O)C(F)(F)F. The molecule has 0 aliphatic carbocycles. The van der Waals surface area contributed by atoms with E-state index in [1.54, 1.807) is 42.5 Å². The fourth-order valence-corrected chi connectivity index (χ4v) is 6.16. The Morgan fingerprint density at radius 1 is 0.803 bits per heavy atom. The van der Waals surface area contributed by atoms with Crippen molar-refractivity contribution in [2.45, 2.75) is 75.3 Å². The Morgan fingerprint density at radius 2 is 1.39 bits per heavy atom. The number of halogens is 3. The molecular weight excluding hydrogens is 803 g/mol. The fraction of sp³-hybridized carbons (Fsp3) is 0.357. The van der Waals surface area contributed by atoms with Crippen molar-refractivity contribution in [2.75, 3.05) is 19.6 Å². The number of primary amides is 1. The van der Waals surface area contributed by atoms with Gasteiger partial charge in [-0.25, -0.2) is 4.79 Å². The zero-order valence-electron chi connectivity index (χ0n) is 33.1. The number of phenols is 1. The van der Waals surface area contributed by atoms with E-state index in [9.17, 15) is 47.0 Å². The van der Waals surface area contributed by atoms with Crippen LogP contribution in [0.3, 0.4) is 0 Å². The number of aromatic hydroxyl groups is 1. The van der Waals surface area contributed by atoms with E-state index >= 15 is 0 Å². The maximum atomic E-state index is 14.0. The molecule has 0 saturated carbocycles. The van der Waals surface area contributed by atoms with Crippen LogP contribution in [-0.2, 0) is 46.4 Å². The van der Waals surface area contributed by atoms with E-state index in [4.69, 9.17) is 21.4 Å². The molecule has 6 amide bonds. The number of carboxylic acids is 1. The first-order valence-corrected chi connectivity index (χ1v) is 19.3. The number of nitrogens with zero attached hydrogens (tertiary/aromatic N) is 1. The third-order valence-electron chi connectivity index (χ3n) is 9.26. The number of carboxylic acid groups (broad SMARTS) is 1. The highest BCUT2D eigenvalue weighted by molar-refractivity contribution is 5.98. The Labute approximate surface area is 349 Å². The van der Waals surface area contributed by atoms with E-state index in [0.29, 0.717) is 37.8 Å². The van der Waals surface area contributed by atoms with Crippen molar-refractivity contribution >= 4 is 47.5 Å². The highest BCUT2D eigenvalue weighted by Gasteiger charge is 2.39. The van der Waals surface area contributed by atoms with Gasteiger partial charge in [0.25, 0.3) is 0 Å². The Bertz CT molecular complexity index is 1970. The van der Waals surface area contributed by atoms with Crippen LogP contribution in [0.25, 0.3) is 6.08 Å². The van der Waals surface area contributed by atoms with Gasteiger partial charge in [0.15, 0.2) is 0 Å². The molecule has 61 heavy (non-hydrogen) atoms. The van der Waals surface area contributed by atoms with Crippen LogP contribution in [0.4, 0.5) is 13.2 Å². The number of carbonyl (C=O) groups is 7. The van der Waals surface area contributed by atoms with Crippen molar-refractivity contribution in [1.29, 1.82) is 0 Å². The molecule has 1 aliphatic rings. The molecule has 0 unspecified atom stereocenters. The summed E-state index contributed by atoms with van der Waals surface area (Å²) in [5.41, 5.74) is 13.5. The molecule has 16 nitrogen and oxygen atoms in total. The molecule has 4 atom stereocenters. The Kier molecular flexibility index (Phi) is 19.4. The maximum Gasteiger partial charge on any atom is 0.490 e. The third-order valence-corrected chi connectivity index (χ3v) is 9.26. The average Bonchev–Trinajstić information content (AvgIpc) is 3.73. The van der Waals surface area contributed by atoms with Crippen LogP contribution in [0.5, 0.6) is 5.75 Å². The minimum atomic E-state index is -5.08. The van der Waals surface area contributed by atoms with Gasteiger partial charge in [0.1, 0.15) is 29.9 Å². The van der Waals surface area contributed by atoms with Gasteiger partial charge in [0.05, 0.1) is 6.54 Å². The number of alkyl halides is 3. The molecule has 3 aromatic rings. The van der Waals surface area contributed by atoms with E-state index < -0.39 is 78.3 Å². The summed E-state index contributed by atoms with van der Waals surface area (Å²) in [6, 6.07) is 20.5. The summed E-state index contributed by atoms with van der Waals surface area (Å²) in [6.45, 7) is 0.175. The normalized spacial score (nSPS) is 15.0. The summed E-state index contributed by atoms with van der Waals surface area (Å²) in [7, 11) is 0. The van der Waals surface area contributed by atoms with Gasteiger partial charge in [0, 0.05) is 25.5 Å². The van der Waals surface area contributed by atoms with E-state index in [-0.39, 0.29) is 31.6 Å². The number of aliphatic carboxylic acids is 1. The molecule has 1 saturated heterocycles. The van der Waals surface area contributed by atoms with E-state index in [2.05, 4.69) is 21.3 Å². The predicted molar refractivity (Wildman–Crippen MR) is 217 cm³/mol. The summed E-state index contributed by atoms with van der Waals surface area (Å²) in [4.78, 5) is 89.3. The Hall–Kier alpha value is -6.76. The summed E-state index contributed by atoms with van der Waals surface area (Å²) >= 11 is 0. The van der Waals surface area contributed by atoms with Crippen molar-refractivity contribution in [2.24, 2.45) is 11.5 Å². The second kappa shape index (κ2) is 24.4. The second-order valence-corrected chi connectivity index (χ2v) is 13.9. The van der Waals surface area contributed by atoms with E-state index in [1.807, 2.05) is 36.4 Å². The van der Waals surface area contributed by atoms with Crippen LogP contribution in [0, 0.1) is 0 Å². The van der Waals surface area contributed by atoms with Gasteiger partial charge in [-0.05, 0) is 73.5 Å². The zero-order chi connectivity index (χ0) is 45.0. The zero-order valence-corrected chi connectivity index (χ0v) is 33.1. The summed E-state index contributed by atoms with van der Waals surface area (Å²) in [5.74, 6) is -6.20. The fourth-order valence-electron chi connectivity index (χ4n) is 6.16. The average molecular weight is 854 g/mol. The molecule has 0 bridgehead atoms. The van der Waals surface area contributed by atoms with Crippen LogP contribution >= 0.6 is 0 Å². The molecule has 0 radical (unpaired) electrons. The van der Waals surface area contributed by atoms with Gasteiger partial charge in [-0.3, -0.25) is 28.8 Å². The number of phenolic OH excluding ortho intramolecular Hbond substituents is 1. The molecule has 0 spiro atoms. The number of nitrogens with two attached hydrogens (primary N) is 2. The lowest BCUT2D eigenvalue weighted by molar-refractivity contribution is -0.192. The van der Waals surface area contributed by atoms with Crippen molar-refractivity contribution < 1.29 is 56.9 Å². The monoisotopic (exact) mass is 853 g/mol. The predicted octanol–water partition coefficient (Wildman–Crippen LogP) is 1.70. The van der Waals surface area contributed by atoms with Crippen molar-refractivity contribution in [1.82, 2.24) is 26.2 Å². The Balaban J connectivity index is 0.00000130. The van der Waals surface area contributed by atoms with Crippen LogP contribution in [0.15, 0.2) is 91.0 Å². The summed E-state index contributed by atoms with van der Waals surface area (Å²) in [6.07, 6.45) is 0.368. The lowest BCUT2D eigenvalue weighted by Gasteiger charge is -2.28. The topological polar surface area (TPSA) is 263 Å². The minimum Gasteiger partial charge on any atom is -0.508 e. The molecule has 1 heterocycles. The number of benzene rings is 3. The first-order valence-electron chi connectivity index (χ1n) is 19.3.